The van der Waals surface area contributed by atoms with E-state index < -0.39 is 35.4 Å². The van der Waals surface area contributed by atoms with Crippen LogP contribution in [0.1, 0.15) is 77.2 Å². The normalized spacial score (nSPS) is 14.6. The number of carbonyl (C=O) groups is 1. The Kier molecular flexibility index (Phi) is 8.45. The number of hydrogen-bond acceptors (Lipinski definition) is 3. The number of aliphatic hydroxyl groups is 1. The fourth-order valence-corrected chi connectivity index (χ4v) is 5.80. The van der Waals surface area contributed by atoms with Crippen LogP contribution in [0.5, 0.6) is 0 Å². The average Bonchev–Trinajstić information content (AvgIpc) is 3.51. The first-order chi connectivity index (χ1) is 20.1. The van der Waals surface area contributed by atoms with Crippen LogP contribution in [0.15, 0.2) is 78.9 Å². The number of rotatable bonds is 7. The standard InChI is InChI=1S/C34H29F5O3/c1-2-42-33(41)31-28(21-9-15-25(35)16-10-21)19-27(20-5-3-4-6-20)30(29(31)22-11-17-26(36)18-12-22)32(40)23-7-13-24(14-8-23)34(37,38)39/h7-20,32,40H,2-6H2,1H3. The first-order valence-electron chi connectivity index (χ1n) is 13.8. The Morgan fingerprint density at radius 1 is 0.881 bits per heavy atom. The summed E-state index contributed by atoms with van der Waals surface area (Å²) in [5.41, 5.74) is 2.23. The van der Waals surface area contributed by atoms with Gasteiger partial charge in [-0.25, -0.2) is 13.6 Å². The number of alkyl halides is 3. The molecule has 3 nitrogen and oxygen atoms in total. The van der Waals surface area contributed by atoms with Crippen molar-refractivity contribution in [2.45, 2.75) is 50.8 Å². The third-order valence-corrected chi connectivity index (χ3v) is 7.79. The second-order valence-corrected chi connectivity index (χ2v) is 10.4. The van der Waals surface area contributed by atoms with Gasteiger partial charge in [0, 0.05) is 5.56 Å². The zero-order chi connectivity index (χ0) is 30.0. The van der Waals surface area contributed by atoms with Gasteiger partial charge in [0.2, 0.25) is 0 Å². The minimum Gasteiger partial charge on any atom is -0.462 e. The first-order valence-corrected chi connectivity index (χ1v) is 13.8. The molecule has 1 atom stereocenters. The summed E-state index contributed by atoms with van der Waals surface area (Å²) >= 11 is 0. The summed E-state index contributed by atoms with van der Waals surface area (Å²) in [6.07, 6.45) is -2.48. The van der Waals surface area contributed by atoms with Gasteiger partial charge in [0.15, 0.2) is 0 Å². The van der Waals surface area contributed by atoms with E-state index in [1.165, 1.54) is 48.5 Å². The lowest BCUT2D eigenvalue weighted by atomic mass is 9.78. The largest absolute Gasteiger partial charge is 0.462 e. The van der Waals surface area contributed by atoms with E-state index in [4.69, 9.17) is 4.74 Å². The summed E-state index contributed by atoms with van der Waals surface area (Å²) in [4.78, 5) is 13.7. The van der Waals surface area contributed by atoms with Crippen molar-refractivity contribution in [2.75, 3.05) is 6.61 Å². The van der Waals surface area contributed by atoms with Crippen LogP contribution in [0.4, 0.5) is 22.0 Å². The minimum absolute atomic E-state index is 0.0151. The molecule has 4 aromatic rings. The molecule has 1 fully saturated rings. The Bertz CT molecular complexity index is 1550. The van der Waals surface area contributed by atoms with Gasteiger partial charge in [-0.15, -0.1) is 0 Å². The van der Waals surface area contributed by atoms with Crippen molar-refractivity contribution in [3.63, 3.8) is 0 Å². The molecule has 0 bridgehead atoms. The monoisotopic (exact) mass is 580 g/mol. The molecule has 0 radical (unpaired) electrons. The van der Waals surface area contributed by atoms with Crippen LogP contribution in [0, 0.1) is 11.6 Å². The van der Waals surface area contributed by atoms with Crippen LogP contribution in [0.3, 0.4) is 0 Å². The molecule has 0 saturated heterocycles. The molecule has 1 saturated carbocycles. The quantitative estimate of drug-likeness (QED) is 0.175. The highest BCUT2D eigenvalue weighted by atomic mass is 19.4. The highest BCUT2D eigenvalue weighted by molar-refractivity contribution is 6.05. The van der Waals surface area contributed by atoms with Crippen LogP contribution < -0.4 is 0 Å². The van der Waals surface area contributed by atoms with Crippen molar-refractivity contribution in [1.82, 2.24) is 0 Å². The van der Waals surface area contributed by atoms with Gasteiger partial charge in [0.1, 0.15) is 17.7 Å². The number of hydrogen-bond donors (Lipinski definition) is 1. The molecule has 0 heterocycles. The van der Waals surface area contributed by atoms with Gasteiger partial charge in [-0.1, -0.05) is 49.2 Å². The molecule has 1 aliphatic rings. The second-order valence-electron chi connectivity index (χ2n) is 10.4. The van der Waals surface area contributed by atoms with E-state index in [1.54, 1.807) is 19.1 Å². The van der Waals surface area contributed by atoms with Crippen LogP contribution >= 0.6 is 0 Å². The SMILES string of the molecule is CCOC(=O)c1c(-c2ccc(F)cc2)cc(C2CCCC2)c(C(O)c2ccc(C(F)(F)F)cc2)c1-c1ccc(F)cc1. The Morgan fingerprint density at radius 3 is 1.95 bits per heavy atom. The van der Waals surface area contributed by atoms with Gasteiger partial charge in [-0.2, -0.15) is 13.2 Å². The van der Waals surface area contributed by atoms with Gasteiger partial charge >= 0.3 is 12.1 Å². The number of ether oxygens (including phenoxy) is 1. The molecule has 1 aliphatic carbocycles. The zero-order valence-corrected chi connectivity index (χ0v) is 22.8. The van der Waals surface area contributed by atoms with Crippen molar-refractivity contribution in [2.24, 2.45) is 0 Å². The second kappa shape index (κ2) is 12.1. The lowest BCUT2D eigenvalue weighted by molar-refractivity contribution is -0.137. The first kappa shape index (κ1) is 29.5. The fourth-order valence-electron chi connectivity index (χ4n) is 5.80. The van der Waals surface area contributed by atoms with Gasteiger partial charge in [0.25, 0.3) is 0 Å². The summed E-state index contributed by atoms with van der Waals surface area (Å²) in [6, 6.07) is 17.2. The lowest BCUT2D eigenvalue weighted by Gasteiger charge is -2.28. The maximum absolute atomic E-state index is 14.1. The number of carbonyl (C=O) groups excluding carboxylic acids is 1. The minimum atomic E-state index is -4.55. The summed E-state index contributed by atoms with van der Waals surface area (Å²) in [5.74, 6) is -1.68. The van der Waals surface area contributed by atoms with Crippen LogP contribution in [-0.4, -0.2) is 17.7 Å². The molecule has 218 valence electrons. The Hall–Kier alpha value is -4.04. The van der Waals surface area contributed by atoms with E-state index in [-0.39, 0.29) is 23.7 Å². The molecule has 1 N–H and O–H groups in total. The number of aliphatic hydroxyl groups excluding tert-OH is 1. The molecule has 8 heteroatoms. The summed E-state index contributed by atoms with van der Waals surface area (Å²) in [7, 11) is 0. The molecule has 0 spiro atoms. The molecule has 0 amide bonds. The molecule has 0 aliphatic heterocycles. The van der Waals surface area contributed by atoms with Gasteiger partial charge in [-0.05, 0) is 102 Å². The Labute approximate surface area is 240 Å². The molecule has 5 rings (SSSR count). The number of benzene rings is 4. The summed E-state index contributed by atoms with van der Waals surface area (Å²) in [6.45, 7) is 1.70. The van der Waals surface area contributed by atoms with Crippen molar-refractivity contribution in [3.05, 3.63) is 118 Å². The van der Waals surface area contributed by atoms with E-state index in [2.05, 4.69) is 0 Å². The number of halogens is 5. The lowest BCUT2D eigenvalue weighted by Crippen LogP contribution is -2.16. The maximum Gasteiger partial charge on any atom is 0.416 e. The van der Waals surface area contributed by atoms with Crippen molar-refractivity contribution in [1.29, 1.82) is 0 Å². The number of esters is 1. The topological polar surface area (TPSA) is 46.5 Å². The predicted molar refractivity (Wildman–Crippen MR) is 150 cm³/mol. The highest BCUT2D eigenvalue weighted by Crippen LogP contribution is 2.48. The van der Waals surface area contributed by atoms with Crippen LogP contribution in [0.2, 0.25) is 0 Å². The Balaban J connectivity index is 1.86. The molecule has 1 unspecified atom stereocenters. The van der Waals surface area contributed by atoms with Crippen molar-refractivity contribution in [3.8, 4) is 22.3 Å². The smallest absolute Gasteiger partial charge is 0.416 e. The molecular weight excluding hydrogens is 551 g/mol. The van der Waals surface area contributed by atoms with Crippen molar-refractivity contribution >= 4 is 5.97 Å². The highest BCUT2D eigenvalue weighted by Gasteiger charge is 2.34. The van der Waals surface area contributed by atoms with E-state index in [9.17, 15) is 31.9 Å². The van der Waals surface area contributed by atoms with Crippen LogP contribution in [0.25, 0.3) is 22.3 Å². The third kappa shape index (κ3) is 5.95. The molecule has 0 aromatic heterocycles. The van der Waals surface area contributed by atoms with Gasteiger partial charge in [0.05, 0.1) is 17.7 Å². The van der Waals surface area contributed by atoms with E-state index in [1.807, 2.05) is 6.07 Å². The van der Waals surface area contributed by atoms with Crippen molar-refractivity contribution < 1.29 is 36.6 Å². The summed E-state index contributed by atoms with van der Waals surface area (Å²) < 4.78 is 73.4. The third-order valence-electron chi connectivity index (χ3n) is 7.79. The van der Waals surface area contributed by atoms with E-state index >= 15 is 0 Å². The molecule has 42 heavy (non-hydrogen) atoms. The average molecular weight is 581 g/mol. The van der Waals surface area contributed by atoms with E-state index in [0.29, 0.717) is 27.8 Å². The molecular formula is C34H29F5O3. The fraction of sp³-hybridized carbons (Fsp3) is 0.265. The van der Waals surface area contributed by atoms with Crippen LogP contribution in [-0.2, 0) is 10.9 Å². The van der Waals surface area contributed by atoms with E-state index in [0.717, 1.165) is 43.4 Å². The molecule has 4 aromatic carbocycles. The van der Waals surface area contributed by atoms with Gasteiger partial charge < -0.3 is 9.84 Å². The predicted octanol–water partition coefficient (Wildman–Crippen LogP) is 9.23. The zero-order valence-electron chi connectivity index (χ0n) is 22.8. The Morgan fingerprint density at radius 2 is 1.43 bits per heavy atom. The summed E-state index contributed by atoms with van der Waals surface area (Å²) in [5, 5.41) is 11.9. The van der Waals surface area contributed by atoms with Gasteiger partial charge in [-0.3, -0.25) is 0 Å². The maximum atomic E-state index is 14.1.